The Hall–Kier alpha value is -3.38. The smallest absolute Gasteiger partial charge is 0.317 e. The normalized spacial score (nSPS) is 24.9. The summed E-state index contributed by atoms with van der Waals surface area (Å²) in [5, 5.41) is 14.5. The second kappa shape index (κ2) is 10.5. The predicted molar refractivity (Wildman–Crippen MR) is 144 cm³/mol. The molecule has 0 bridgehead atoms. The van der Waals surface area contributed by atoms with Crippen molar-refractivity contribution >= 4 is 29.1 Å². The molecule has 2 unspecified atom stereocenters. The van der Waals surface area contributed by atoms with Crippen LogP contribution in [0.2, 0.25) is 5.02 Å². The summed E-state index contributed by atoms with van der Waals surface area (Å²) in [5.41, 5.74) is -0.402. The van der Waals surface area contributed by atoms with Gasteiger partial charge in [-0.15, -0.1) is 5.10 Å². The molecular weight excluding hydrogens is 533 g/mol. The number of carbonyl (C=O) groups excluding carboxylic acids is 2. The number of fused-ring (bicyclic) bond motifs is 1. The molecule has 1 aromatic carbocycles. The molecule has 0 radical (unpaired) electrons. The number of cyclic esters (lactones) is 1. The number of rotatable bonds is 7. The molecule has 2 aliphatic carbocycles. The third kappa shape index (κ3) is 4.87. The minimum Gasteiger partial charge on any atom is -0.458 e. The highest BCUT2D eigenvalue weighted by atomic mass is 35.5. The van der Waals surface area contributed by atoms with Gasteiger partial charge in [0.15, 0.2) is 11.6 Å². The van der Waals surface area contributed by atoms with Gasteiger partial charge in [0.05, 0.1) is 28.9 Å². The Morgan fingerprint density at radius 2 is 1.95 bits per heavy atom. The molecule has 2 atom stereocenters. The number of aryl methyl sites for hydroxylation is 1. The molecule has 10 heteroatoms. The Kier molecular flexibility index (Phi) is 7.07. The first kappa shape index (κ1) is 26.8. The van der Waals surface area contributed by atoms with E-state index >= 15 is 4.39 Å². The molecule has 1 aliphatic heterocycles. The number of Topliss-reactive ketones (excluding diaryl/α,β-unsaturated/α-hetero) is 1. The van der Waals surface area contributed by atoms with Gasteiger partial charge >= 0.3 is 5.97 Å². The molecule has 0 amide bonds. The van der Waals surface area contributed by atoms with Gasteiger partial charge in [-0.2, -0.15) is 10.2 Å². The maximum Gasteiger partial charge on any atom is 0.317 e. The number of halogens is 2. The van der Waals surface area contributed by atoms with Crippen molar-refractivity contribution in [2.45, 2.75) is 88.1 Å². The van der Waals surface area contributed by atoms with Crippen molar-refractivity contribution in [2.75, 3.05) is 0 Å². The number of hydrogen-bond donors (Lipinski definition) is 0. The van der Waals surface area contributed by atoms with Crippen molar-refractivity contribution in [3.63, 3.8) is 0 Å². The molecule has 1 saturated heterocycles. The molecule has 0 spiro atoms. The molecule has 3 fully saturated rings. The lowest BCUT2D eigenvalue weighted by atomic mass is 9.73. The van der Waals surface area contributed by atoms with Crippen LogP contribution in [0.1, 0.15) is 81.2 Å². The van der Waals surface area contributed by atoms with Crippen molar-refractivity contribution in [2.24, 2.45) is 11.8 Å². The molecule has 3 aliphatic rings. The highest BCUT2D eigenvalue weighted by molar-refractivity contribution is 6.30. The number of benzene rings is 1. The highest BCUT2D eigenvalue weighted by Gasteiger charge is 2.51. The lowest BCUT2D eigenvalue weighted by molar-refractivity contribution is -0.185. The van der Waals surface area contributed by atoms with Gasteiger partial charge in [0.25, 0.3) is 5.78 Å². The zero-order valence-electron chi connectivity index (χ0n) is 22.2. The molecule has 6 rings (SSSR count). The summed E-state index contributed by atoms with van der Waals surface area (Å²) in [7, 11) is 0. The zero-order chi connectivity index (χ0) is 27.9. The number of aromatic nitrogens is 4. The number of hydrogen-bond acceptors (Lipinski definition) is 7. The molecular formula is C30H31ClFN5O3. The number of nitrogens with zero attached hydrogens (tertiary/aromatic N) is 5. The second-order valence-electron chi connectivity index (χ2n) is 11.6. The van der Waals surface area contributed by atoms with E-state index in [1.165, 1.54) is 16.8 Å². The SMILES string of the molecule is N#CC1(c2ccc(CCC3(C4CCCC4)CC(=O)C(Cc4nc5ncc(Cl)cn5n4)C(=O)O3)cc2F)CCCC1. The van der Waals surface area contributed by atoms with E-state index in [4.69, 9.17) is 16.3 Å². The van der Waals surface area contributed by atoms with Crippen LogP contribution in [0.3, 0.4) is 0 Å². The predicted octanol–water partition coefficient (Wildman–Crippen LogP) is 5.49. The van der Waals surface area contributed by atoms with Crippen molar-refractivity contribution < 1.29 is 18.7 Å². The molecule has 208 valence electrons. The van der Waals surface area contributed by atoms with Crippen LogP contribution in [0.15, 0.2) is 30.6 Å². The Morgan fingerprint density at radius 1 is 1.18 bits per heavy atom. The van der Waals surface area contributed by atoms with Gasteiger partial charge in [0.2, 0.25) is 0 Å². The van der Waals surface area contributed by atoms with E-state index in [0.29, 0.717) is 47.9 Å². The van der Waals surface area contributed by atoms with E-state index in [1.54, 1.807) is 12.3 Å². The molecule has 8 nitrogen and oxygen atoms in total. The number of ether oxygens (including phenoxy) is 1. The quantitative estimate of drug-likeness (QED) is 0.276. The minimum absolute atomic E-state index is 0.0344. The number of esters is 1. The molecule has 3 aromatic rings. The summed E-state index contributed by atoms with van der Waals surface area (Å²) in [6.45, 7) is 0. The van der Waals surface area contributed by atoms with Crippen LogP contribution in [-0.4, -0.2) is 36.9 Å². The van der Waals surface area contributed by atoms with E-state index in [2.05, 4.69) is 21.1 Å². The van der Waals surface area contributed by atoms with Crippen LogP contribution in [0.5, 0.6) is 0 Å². The van der Waals surface area contributed by atoms with Crippen LogP contribution >= 0.6 is 11.6 Å². The van der Waals surface area contributed by atoms with Gasteiger partial charge in [-0.05, 0) is 56.1 Å². The summed E-state index contributed by atoms with van der Waals surface area (Å²) in [5.74, 6) is -1.31. The third-order valence-corrected chi connectivity index (χ3v) is 9.39. The highest BCUT2D eigenvalue weighted by Crippen LogP contribution is 2.46. The van der Waals surface area contributed by atoms with Crippen LogP contribution in [0, 0.1) is 29.0 Å². The van der Waals surface area contributed by atoms with Crippen LogP contribution < -0.4 is 0 Å². The van der Waals surface area contributed by atoms with Gasteiger partial charge in [0, 0.05) is 18.4 Å². The monoisotopic (exact) mass is 563 g/mol. The standard InChI is InChI=1S/C30H31ClFN5O3/c31-21-16-34-28-35-26(36-37(28)17-21)14-22-25(38)15-30(40-27(22)39,20-5-1-2-6-20)12-9-19-7-8-23(24(32)13-19)29(18-33)10-3-4-11-29/h7-8,13,16-17,20,22H,1-6,9-12,14-15H2. The van der Waals surface area contributed by atoms with E-state index < -0.39 is 22.9 Å². The van der Waals surface area contributed by atoms with Gasteiger partial charge in [-0.25, -0.2) is 13.9 Å². The maximum atomic E-state index is 15.3. The number of carbonyl (C=O) groups is 2. The summed E-state index contributed by atoms with van der Waals surface area (Å²) in [4.78, 5) is 35.3. The first-order valence-electron chi connectivity index (χ1n) is 14.1. The first-order chi connectivity index (χ1) is 19.3. The Balaban J connectivity index is 1.20. The number of nitriles is 1. The fourth-order valence-corrected chi connectivity index (χ4v) is 7.17. The zero-order valence-corrected chi connectivity index (χ0v) is 23.0. The fourth-order valence-electron chi connectivity index (χ4n) is 7.03. The average Bonchev–Trinajstić information content (AvgIpc) is 3.71. The summed E-state index contributed by atoms with van der Waals surface area (Å²) >= 11 is 5.98. The van der Waals surface area contributed by atoms with Gasteiger partial charge in [0.1, 0.15) is 17.3 Å². The van der Waals surface area contributed by atoms with Crippen LogP contribution in [0.25, 0.3) is 5.78 Å². The fraction of sp³-hybridized carbons (Fsp3) is 0.533. The van der Waals surface area contributed by atoms with Crippen molar-refractivity contribution in [1.82, 2.24) is 19.6 Å². The maximum absolute atomic E-state index is 15.3. The molecule has 3 heterocycles. The Morgan fingerprint density at radius 3 is 2.65 bits per heavy atom. The summed E-state index contributed by atoms with van der Waals surface area (Å²) in [6, 6.07) is 7.51. The van der Waals surface area contributed by atoms with E-state index in [1.807, 2.05) is 6.07 Å². The van der Waals surface area contributed by atoms with Crippen molar-refractivity contribution in [3.05, 3.63) is 58.4 Å². The van der Waals surface area contributed by atoms with E-state index in [9.17, 15) is 14.9 Å². The van der Waals surface area contributed by atoms with E-state index in [-0.39, 0.29) is 30.4 Å². The minimum atomic E-state index is -0.979. The molecule has 40 heavy (non-hydrogen) atoms. The second-order valence-corrected chi connectivity index (χ2v) is 12.1. The van der Waals surface area contributed by atoms with Crippen molar-refractivity contribution in [1.29, 1.82) is 5.26 Å². The van der Waals surface area contributed by atoms with Crippen LogP contribution in [-0.2, 0) is 32.6 Å². The Labute approximate surface area is 236 Å². The largest absolute Gasteiger partial charge is 0.458 e. The van der Waals surface area contributed by atoms with Gasteiger partial charge < -0.3 is 4.74 Å². The summed E-state index contributed by atoms with van der Waals surface area (Å²) < 4.78 is 22.9. The van der Waals surface area contributed by atoms with Gasteiger partial charge in [-0.1, -0.05) is 49.4 Å². The first-order valence-corrected chi connectivity index (χ1v) is 14.5. The van der Waals surface area contributed by atoms with Crippen molar-refractivity contribution in [3.8, 4) is 6.07 Å². The molecule has 2 saturated carbocycles. The lowest BCUT2D eigenvalue weighted by Crippen LogP contribution is -2.52. The topological polar surface area (TPSA) is 110 Å². The third-order valence-electron chi connectivity index (χ3n) is 9.20. The Bertz CT molecular complexity index is 1480. The van der Waals surface area contributed by atoms with Crippen LogP contribution in [0.4, 0.5) is 4.39 Å². The van der Waals surface area contributed by atoms with E-state index in [0.717, 1.165) is 44.1 Å². The number of ketones is 1. The molecule has 0 N–H and O–H groups in total. The lowest BCUT2D eigenvalue weighted by Gasteiger charge is -2.43. The molecule has 2 aromatic heterocycles. The van der Waals surface area contributed by atoms with Gasteiger partial charge in [-0.3, -0.25) is 9.59 Å². The average molecular weight is 564 g/mol. The summed E-state index contributed by atoms with van der Waals surface area (Å²) in [6.07, 6.45) is 11.2.